The van der Waals surface area contributed by atoms with Crippen LogP contribution < -0.4 is 4.90 Å². The molecule has 1 N–H and O–H groups in total. The zero-order valence-corrected chi connectivity index (χ0v) is 11.2. The van der Waals surface area contributed by atoms with Crippen molar-refractivity contribution in [3.63, 3.8) is 0 Å². The number of rotatable bonds is 2. The first kappa shape index (κ1) is 12.6. The molecule has 0 amide bonds. The summed E-state index contributed by atoms with van der Waals surface area (Å²) in [6.45, 7) is 3.34. The maximum absolute atomic E-state index is 11.2. The van der Waals surface area contributed by atoms with Crippen LogP contribution >= 0.6 is 0 Å². The minimum atomic E-state index is -0.859. The first-order chi connectivity index (χ1) is 9.65. The van der Waals surface area contributed by atoms with Gasteiger partial charge in [-0.15, -0.1) is 0 Å². The second-order valence-electron chi connectivity index (χ2n) is 4.98. The second-order valence-corrected chi connectivity index (χ2v) is 4.98. The Labute approximate surface area is 116 Å². The number of nitrogens with zero attached hydrogens (tertiary/aromatic N) is 3. The molecule has 0 saturated heterocycles. The van der Waals surface area contributed by atoms with Gasteiger partial charge in [0.25, 0.3) is 0 Å². The Morgan fingerprint density at radius 3 is 2.75 bits per heavy atom. The van der Waals surface area contributed by atoms with Crippen LogP contribution in [0.25, 0.3) is 0 Å². The average molecular weight is 269 g/mol. The van der Waals surface area contributed by atoms with E-state index in [1.165, 1.54) is 0 Å². The molecule has 3 rings (SSSR count). The van der Waals surface area contributed by atoms with E-state index >= 15 is 0 Å². The summed E-state index contributed by atoms with van der Waals surface area (Å²) < 4.78 is 0. The Bertz CT molecular complexity index is 653. The highest BCUT2D eigenvalue weighted by Gasteiger charge is 2.22. The van der Waals surface area contributed by atoms with Crippen LogP contribution in [0.5, 0.6) is 0 Å². The molecule has 1 aliphatic heterocycles. The summed E-state index contributed by atoms with van der Waals surface area (Å²) >= 11 is 0. The van der Waals surface area contributed by atoms with Crippen LogP contribution in [0.2, 0.25) is 0 Å². The zero-order valence-electron chi connectivity index (χ0n) is 11.2. The van der Waals surface area contributed by atoms with Crippen molar-refractivity contribution in [3.05, 3.63) is 52.8 Å². The van der Waals surface area contributed by atoms with E-state index in [2.05, 4.69) is 14.9 Å². The van der Waals surface area contributed by atoms with Gasteiger partial charge < -0.3 is 10.0 Å². The highest BCUT2D eigenvalue weighted by atomic mass is 16.4. The van der Waals surface area contributed by atoms with Crippen LogP contribution in [0.3, 0.4) is 0 Å². The Hall–Kier alpha value is -2.43. The standard InChI is InChI=1S/C15H15N3O2/c1-10-7-16-15(17-8-10)18-6-5-12-11(9-18)3-2-4-13(12)14(19)20/h2-4,7-8H,5-6,9H2,1H3,(H,19,20). The third-order valence-corrected chi connectivity index (χ3v) is 3.55. The maximum Gasteiger partial charge on any atom is 0.335 e. The largest absolute Gasteiger partial charge is 0.478 e. The molecule has 102 valence electrons. The Balaban J connectivity index is 1.91. The summed E-state index contributed by atoms with van der Waals surface area (Å²) in [7, 11) is 0. The number of fused-ring (bicyclic) bond motifs is 1. The monoisotopic (exact) mass is 269 g/mol. The summed E-state index contributed by atoms with van der Waals surface area (Å²) in [5.74, 6) is -0.163. The number of carbonyl (C=O) groups is 1. The lowest BCUT2D eigenvalue weighted by atomic mass is 9.95. The number of aromatic nitrogens is 2. The zero-order chi connectivity index (χ0) is 14.1. The van der Waals surface area contributed by atoms with Gasteiger partial charge in [0.15, 0.2) is 0 Å². The molecule has 5 heteroatoms. The van der Waals surface area contributed by atoms with Crippen molar-refractivity contribution < 1.29 is 9.90 Å². The van der Waals surface area contributed by atoms with Gasteiger partial charge in [0.2, 0.25) is 5.95 Å². The summed E-state index contributed by atoms with van der Waals surface area (Å²) in [5.41, 5.74) is 3.41. The number of aromatic carboxylic acids is 1. The number of hydrogen-bond acceptors (Lipinski definition) is 4. The molecule has 1 aromatic heterocycles. The SMILES string of the molecule is Cc1cnc(N2CCc3c(cccc3C(=O)O)C2)nc1. The van der Waals surface area contributed by atoms with Gasteiger partial charge in [0.05, 0.1) is 5.56 Å². The van der Waals surface area contributed by atoms with Crippen molar-refractivity contribution >= 4 is 11.9 Å². The smallest absolute Gasteiger partial charge is 0.335 e. The molecule has 0 fully saturated rings. The minimum Gasteiger partial charge on any atom is -0.478 e. The fourth-order valence-electron chi connectivity index (χ4n) is 2.53. The molecule has 20 heavy (non-hydrogen) atoms. The van der Waals surface area contributed by atoms with Crippen LogP contribution in [0, 0.1) is 6.92 Å². The summed E-state index contributed by atoms with van der Waals surface area (Å²) in [5, 5.41) is 9.22. The van der Waals surface area contributed by atoms with Crippen molar-refractivity contribution in [2.75, 3.05) is 11.4 Å². The second kappa shape index (κ2) is 4.92. The molecule has 0 spiro atoms. The van der Waals surface area contributed by atoms with Gasteiger partial charge in [-0.3, -0.25) is 0 Å². The molecule has 5 nitrogen and oxygen atoms in total. The quantitative estimate of drug-likeness (QED) is 0.903. The highest BCUT2D eigenvalue weighted by Crippen LogP contribution is 2.24. The van der Waals surface area contributed by atoms with Crippen LogP contribution in [0.4, 0.5) is 5.95 Å². The number of carboxylic acids is 1. The number of carboxylic acid groups (broad SMARTS) is 1. The van der Waals surface area contributed by atoms with E-state index in [9.17, 15) is 9.90 Å². The van der Waals surface area contributed by atoms with E-state index in [0.717, 1.165) is 23.2 Å². The Morgan fingerprint density at radius 1 is 1.30 bits per heavy atom. The lowest BCUT2D eigenvalue weighted by molar-refractivity contribution is 0.0695. The van der Waals surface area contributed by atoms with Crippen molar-refractivity contribution in [2.45, 2.75) is 19.9 Å². The van der Waals surface area contributed by atoms with Crippen LogP contribution in [-0.4, -0.2) is 27.6 Å². The lowest BCUT2D eigenvalue weighted by Gasteiger charge is -2.29. The third-order valence-electron chi connectivity index (χ3n) is 3.55. The fourth-order valence-corrected chi connectivity index (χ4v) is 2.53. The first-order valence-corrected chi connectivity index (χ1v) is 6.53. The summed E-state index contributed by atoms with van der Waals surface area (Å²) in [6, 6.07) is 5.43. The first-order valence-electron chi connectivity index (χ1n) is 6.53. The molecule has 0 atom stereocenters. The molecule has 0 aliphatic carbocycles. The number of aryl methyl sites for hydroxylation is 1. The van der Waals surface area contributed by atoms with E-state index in [0.29, 0.717) is 24.5 Å². The van der Waals surface area contributed by atoms with E-state index in [-0.39, 0.29) is 0 Å². The van der Waals surface area contributed by atoms with Gasteiger partial charge in [0.1, 0.15) is 0 Å². The predicted octanol–water partition coefficient (Wildman–Crippen LogP) is 2.05. The van der Waals surface area contributed by atoms with Crippen molar-refractivity contribution in [1.82, 2.24) is 9.97 Å². The third kappa shape index (κ3) is 2.22. The topological polar surface area (TPSA) is 66.3 Å². The van der Waals surface area contributed by atoms with E-state index in [1.54, 1.807) is 24.5 Å². The number of hydrogen-bond donors (Lipinski definition) is 1. The molecule has 2 heterocycles. The lowest BCUT2D eigenvalue weighted by Crippen LogP contribution is -2.32. The van der Waals surface area contributed by atoms with Gasteiger partial charge >= 0.3 is 5.97 Å². The summed E-state index contributed by atoms with van der Waals surface area (Å²) in [6.07, 6.45) is 4.30. The Morgan fingerprint density at radius 2 is 2.05 bits per heavy atom. The molecule has 0 unspecified atom stereocenters. The molecular weight excluding hydrogens is 254 g/mol. The molecular formula is C15H15N3O2. The predicted molar refractivity (Wildman–Crippen MR) is 74.9 cm³/mol. The van der Waals surface area contributed by atoms with Crippen molar-refractivity contribution in [2.24, 2.45) is 0 Å². The van der Waals surface area contributed by atoms with Gasteiger partial charge in [-0.2, -0.15) is 0 Å². The van der Waals surface area contributed by atoms with E-state index in [1.807, 2.05) is 13.0 Å². The minimum absolute atomic E-state index is 0.409. The maximum atomic E-state index is 11.2. The molecule has 2 aromatic rings. The molecule has 0 bridgehead atoms. The van der Waals surface area contributed by atoms with Gasteiger partial charge in [-0.1, -0.05) is 12.1 Å². The van der Waals surface area contributed by atoms with Gasteiger partial charge in [-0.25, -0.2) is 14.8 Å². The van der Waals surface area contributed by atoms with E-state index in [4.69, 9.17) is 0 Å². The molecule has 1 aromatic carbocycles. The van der Waals surface area contributed by atoms with E-state index < -0.39 is 5.97 Å². The molecule has 0 saturated carbocycles. The fraction of sp³-hybridized carbons (Fsp3) is 0.267. The average Bonchev–Trinajstić information content (AvgIpc) is 2.46. The van der Waals surface area contributed by atoms with Crippen LogP contribution in [0.15, 0.2) is 30.6 Å². The highest BCUT2D eigenvalue weighted by molar-refractivity contribution is 5.90. The number of benzene rings is 1. The van der Waals surface area contributed by atoms with Crippen molar-refractivity contribution in [3.8, 4) is 0 Å². The van der Waals surface area contributed by atoms with Gasteiger partial charge in [0, 0.05) is 25.5 Å². The molecule has 1 aliphatic rings. The van der Waals surface area contributed by atoms with Crippen LogP contribution in [0.1, 0.15) is 27.0 Å². The van der Waals surface area contributed by atoms with Gasteiger partial charge in [-0.05, 0) is 36.1 Å². The number of anilines is 1. The van der Waals surface area contributed by atoms with Crippen LogP contribution in [-0.2, 0) is 13.0 Å². The summed E-state index contributed by atoms with van der Waals surface area (Å²) in [4.78, 5) is 22.0. The molecule has 0 radical (unpaired) electrons. The normalized spacial score (nSPS) is 13.9. The van der Waals surface area contributed by atoms with Crippen molar-refractivity contribution in [1.29, 1.82) is 0 Å². The Kier molecular flexibility index (Phi) is 3.10.